The molecule has 1 aromatic carbocycles. The summed E-state index contributed by atoms with van der Waals surface area (Å²) in [4.78, 5) is 6.90. The van der Waals surface area contributed by atoms with Crippen molar-refractivity contribution in [2.24, 2.45) is 0 Å². The summed E-state index contributed by atoms with van der Waals surface area (Å²) in [5.41, 5.74) is 0.859. The number of hydrogen-bond acceptors (Lipinski definition) is 5. The summed E-state index contributed by atoms with van der Waals surface area (Å²) in [5, 5.41) is 14.6. The van der Waals surface area contributed by atoms with Crippen LogP contribution in [0.2, 0.25) is 0 Å². The second kappa shape index (κ2) is 7.03. The van der Waals surface area contributed by atoms with E-state index in [2.05, 4.69) is 35.8 Å². The van der Waals surface area contributed by atoms with Gasteiger partial charge in [-0.1, -0.05) is 56.3 Å². The lowest BCUT2D eigenvalue weighted by Gasteiger charge is -2.25. The van der Waals surface area contributed by atoms with E-state index in [1.807, 2.05) is 30.3 Å². The first-order valence-corrected chi connectivity index (χ1v) is 8.73. The molecule has 0 bridgehead atoms. The Balaban J connectivity index is 1.62. The van der Waals surface area contributed by atoms with Gasteiger partial charge in [0.1, 0.15) is 0 Å². The molecule has 1 fully saturated rings. The van der Waals surface area contributed by atoms with Crippen molar-refractivity contribution in [3.8, 4) is 0 Å². The van der Waals surface area contributed by atoms with Gasteiger partial charge in [0, 0.05) is 11.5 Å². The van der Waals surface area contributed by atoms with Crippen LogP contribution in [0.1, 0.15) is 63.4 Å². The Morgan fingerprint density at radius 2 is 2.04 bits per heavy atom. The maximum absolute atomic E-state index is 10.5. The molecule has 1 aliphatic heterocycles. The minimum atomic E-state index is -0.424. The van der Waals surface area contributed by atoms with E-state index < -0.39 is 6.10 Å². The Morgan fingerprint density at radius 3 is 2.71 bits per heavy atom. The van der Waals surface area contributed by atoms with Crippen LogP contribution in [0.25, 0.3) is 0 Å². The van der Waals surface area contributed by atoms with E-state index in [-0.39, 0.29) is 5.41 Å². The zero-order valence-electron chi connectivity index (χ0n) is 14.8. The Kier molecular flexibility index (Phi) is 5.01. The number of hydrogen-bond donors (Lipinski definition) is 1. The highest BCUT2D eigenvalue weighted by atomic mass is 16.5. The summed E-state index contributed by atoms with van der Waals surface area (Å²) >= 11 is 0. The molecule has 1 aliphatic rings. The molecule has 2 aromatic rings. The average molecular weight is 329 g/mol. The van der Waals surface area contributed by atoms with Crippen molar-refractivity contribution in [2.45, 2.75) is 64.1 Å². The molecule has 5 nitrogen and oxygen atoms in total. The highest BCUT2D eigenvalue weighted by Gasteiger charge is 2.29. The first kappa shape index (κ1) is 17.1. The molecule has 1 N–H and O–H groups in total. The molecule has 24 heavy (non-hydrogen) atoms. The number of aromatic nitrogens is 2. The predicted molar refractivity (Wildman–Crippen MR) is 92.4 cm³/mol. The van der Waals surface area contributed by atoms with E-state index in [9.17, 15) is 5.11 Å². The Hall–Kier alpha value is -1.72. The molecule has 3 rings (SSSR count). The molecule has 2 unspecified atom stereocenters. The molecule has 2 heterocycles. The summed E-state index contributed by atoms with van der Waals surface area (Å²) in [6, 6.07) is 10.2. The van der Waals surface area contributed by atoms with Crippen LogP contribution in [0, 0.1) is 0 Å². The molecule has 130 valence electrons. The molecular weight excluding hydrogens is 302 g/mol. The lowest BCUT2D eigenvalue weighted by Crippen LogP contribution is -2.30. The van der Waals surface area contributed by atoms with Crippen molar-refractivity contribution in [1.82, 2.24) is 15.0 Å². The van der Waals surface area contributed by atoms with Gasteiger partial charge in [-0.25, -0.2) is 0 Å². The molecule has 0 amide bonds. The van der Waals surface area contributed by atoms with E-state index in [4.69, 9.17) is 4.52 Å². The smallest absolute Gasteiger partial charge is 0.232 e. The molecule has 0 radical (unpaired) electrons. The molecule has 1 saturated heterocycles. The van der Waals surface area contributed by atoms with E-state index in [1.165, 1.54) is 0 Å². The van der Waals surface area contributed by atoms with E-state index in [0.29, 0.717) is 18.5 Å². The summed E-state index contributed by atoms with van der Waals surface area (Å²) in [6.07, 6.45) is 2.57. The van der Waals surface area contributed by atoms with Crippen molar-refractivity contribution in [1.29, 1.82) is 0 Å². The summed E-state index contributed by atoms with van der Waals surface area (Å²) in [6.45, 7) is 7.91. The van der Waals surface area contributed by atoms with Crippen LogP contribution in [-0.2, 0) is 12.0 Å². The molecule has 0 aliphatic carbocycles. The normalized spacial score (nSPS) is 20.4. The molecule has 1 aromatic heterocycles. The van der Waals surface area contributed by atoms with Gasteiger partial charge < -0.3 is 9.63 Å². The van der Waals surface area contributed by atoms with Gasteiger partial charge in [0.25, 0.3) is 0 Å². The van der Waals surface area contributed by atoms with Gasteiger partial charge in [-0.3, -0.25) is 4.90 Å². The number of rotatable bonds is 5. The molecule has 5 heteroatoms. The summed E-state index contributed by atoms with van der Waals surface area (Å²) in [5.74, 6) is 1.42. The predicted octanol–water partition coefficient (Wildman–Crippen LogP) is 3.46. The largest absolute Gasteiger partial charge is 0.388 e. The molecular formula is C19H27N3O2. The third-order valence-corrected chi connectivity index (χ3v) is 4.63. The lowest BCUT2D eigenvalue weighted by molar-refractivity contribution is 0.116. The second-order valence-corrected chi connectivity index (χ2v) is 7.69. The van der Waals surface area contributed by atoms with Gasteiger partial charge in [-0.15, -0.1) is 0 Å². The van der Waals surface area contributed by atoms with E-state index >= 15 is 0 Å². The van der Waals surface area contributed by atoms with Gasteiger partial charge >= 0.3 is 0 Å². The highest BCUT2D eigenvalue weighted by molar-refractivity contribution is 5.17. The lowest BCUT2D eigenvalue weighted by atomic mass is 9.97. The van der Waals surface area contributed by atoms with Crippen LogP contribution >= 0.6 is 0 Å². The van der Waals surface area contributed by atoms with Crippen molar-refractivity contribution in [3.63, 3.8) is 0 Å². The fraction of sp³-hybridized carbons (Fsp3) is 0.579. The molecule has 0 spiro atoms. The van der Waals surface area contributed by atoms with E-state index in [1.54, 1.807) is 0 Å². The van der Waals surface area contributed by atoms with Crippen LogP contribution < -0.4 is 0 Å². The van der Waals surface area contributed by atoms with Gasteiger partial charge in [0.2, 0.25) is 5.89 Å². The van der Waals surface area contributed by atoms with E-state index in [0.717, 1.165) is 37.2 Å². The number of aliphatic hydroxyl groups is 1. The van der Waals surface area contributed by atoms with Gasteiger partial charge in [0.05, 0.1) is 12.6 Å². The fourth-order valence-electron chi connectivity index (χ4n) is 3.24. The Bertz CT molecular complexity index is 648. The van der Waals surface area contributed by atoms with Gasteiger partial charge in [-0.2, -0.15) is 4.98 Å². The first-order chi connectivity index (χ1) is 11.4. The number of benzene rings is 1. The van der Waals surface area contributed by atoms with Crippen molar-refractivity contribution in [2.75, 3.05) is 6.54 Å². The maximum Gasteiger partial charge on any atom is 0.232 e. The Labute approximate surface area is 143 Å². The number of likely N-dealkylation sites (tertiary alicyclic amines) is 1. The monoisotopic (exact) mass is 329 g/mol. The zero-order chi connectivity index (χ0) is 17.2. The minimum Gasteiger partial charge on any atom is -0.388 e. The third kappa shape index (κ3) is 4.02. The van der Waals surface area contributed by atoms with Crippen LogP contribution in [0.15, 0.2) is 34.9 Å². The maximum atomic E-state index is 10.5. The highest BCUT2D eigenvalue weighted by Crippen LogP contribution is 2.28. The third-order valence-electron chi connectivity index (χ3n) is 4.63. The zero-order valence-corrected chi connectivity index (χ0v) is 14.8. The standard InChI is InChI=1S/C19H27N3O2/c1-19(2,3)18-20-17(21-24-18)13-22-11-7-10-15(22)12-16(23)14-8-5-4-6-9-14/h4-6,8-9,15-16,23H,7,10-13H2,1-3H3. The van der Waals surface area contributed by atoms with Crippen molar-refractivity contribution in [3.05, 3.63) is 47.6 Å². The van der Waals surface area contributed by atoms with Crippen LogP contribution in [0.3, 0.4) is 0 Å². The van der Waals surface area contributed by atoms with Gasteiger partial charge in [-0.05, 0) is 31.4 Å². The number of nitrogens with zero attached hydrogens (tertiary/aromatic N) is 3. The van der Waals surface area contributed by atoms with Gasteiger partial charge in [0.15, 0.2) is 5.82 Å². The van der Waals surface area contributed by atoms with Crippen LogP contribution in [0.4, 0.5) is 0 Å². The molecule has 0 saturated carbocycles. The molecule has 2 atom stereocenters. The SMILES string of the molecule is CC(C)(C)c1nc(CN2CCCC2CC(O)c2ccccc2)no1. The van der Waals surface area contributed by atoms with Crippen LogP contribution in [-0.4, -0.2) is 32.7 Å². The van der Waals surface area contributed by atoms with Crippen molar-refractivity contribution < 1.29 is 9.63 Å². The summed E-state index contributed by atoms with van der Waals surface area (Å²) in [7, 11) is 0. The number of aliphatic hydroxyl groups excluding tert-OH is 1. The van der Waals surface area contributed by atoms with Crippen molar-refractivity contribution >= 4 is 0 Å². The van der Waals surface area contributed by atoms with Crippen LogP contribution in [0.5, 0.6) is 0 Å². The second-order valence-electron chi connectivity index (χ2n) is 7.69. The summed E-state index contributed by atoms with van der Waals surface area (Å²) < 4.78 is 5.39. The minimum absolute atomic E-state index is 0.126. The fourth-order valence-corrected chi connectivity index (χ4v) is 3.24. The topological polar surface area (TPSA) is 62.4 Å². The Morgan fingerprint density at radius 1 is 1.29 bits per heavy atom. The quantitative estimate of drug-likeness (QED) is 0.910. The average Bonchev–Trinajstić information content (AvgIpc) is 3.18. The first-order valence-electron chi connectivity index (χ1n) is 8.73.